The van der Waals surface area contributed by atoms with E-state index < -0.39 is 66.6 Å². The van der Waals surface area contributed by atoms with Gasteiger partial charge in [-0.3, -0.25) is 18.8 Å². The van der Waals surface area contributed by atoms with E-state index in [0.717, 1.165) is 0 Å². The summed E-state index contributed by atoms with van der Waals surface area (Å²) in [6.45, 7) is 1.50. The number of methoxy groups -OCH3 is 1. The third kappa shape index (κ3) is 13.3. The fourth-order valence-corrected chi connectivity index (χ4v) is 9.18. The zero-order valence-electron chi connectivity index (χ0n) is 39.2. The number of nitrogens with two attached hydrogens (primary N) is 1. The summed E-state index contributed by atoms with van der Waals surface area (Å²) in [6.07, 6.45) is -0.261. The molecule has 21 nitrogen and oxygen atoms in total. The number of anilines is 2. The summed E-state index contributed by atoms with van der Waals surface area (Å²) in [6, 6.07) is 9.26. The predicted molar refractivity (Wildman–Crippen MR) is 250 cm³/mol. The van der Waals surface area contributed by atoms with Crippen molar-refractivity contribution < 1.29 is 68.0 Å². The third-order valence-electron chi connectivity index (χ3n) is 13.0. The van der Waals surface area contributed by atoms with Gasteiger partial charge in [0.25, 0.3) is 5.91 Å². The Balaban J connectivity index is 0.853. The lowest BCUT2D eigenvalue weighted by Crippen LogP contribution is -2.57. The minimum Gasteiger partial charge on any atom is -0.494 e. The van der Waals surface area contributed by atoms with E-state index >= 15 is 0 Å². The number of imidazole rings is 1. The number of hydrogen-bond acceptors (Lipinski definition) is 17. The van der Waals surface area contributed by atoms with Gasteiger partial charge in [-0.1, -0.05) is 0 Å². The summed E-state index contributed by atoms with van der Waals surface area (Å²) in [5.41, 5.74) is 9.08. The number of carbonyl (C=O) groups excluding carboxylic acids is 3. The highest BCUT2D eigenvalue weighted by molar-refractivity contribution is 5.96. The molecule has 0 spiro atoms. The van der Waals surface area contributed by atoms with Crippen molar-refractivity contribution in [3.05, 3.63) is 71.9 Å². The molecule has 2 aromatic heterocycles. The first-order chi connectivity index (χ1) is 33.7. The van der Waals surface area contributed by atoms with Crippen molar-refractivity contribution in [1.29, 1.82) is 0 Å². The zero-order valence-corrected chi connectivity index (χ0v) is 39.2. The van der Waals surface area contributed by atoms with E-state index in [2.05, 4.69) is 31.2 Å². The van der Waals surface area contributed by atoms with Gasteiger partial charge in [0.1, 0.15) is 18.8 Å². The van der Waals surface area contributed by atoms with E-state index in [0.29, 0.717) is 71.6 Å². The van der Waals surface area contributed by atoms with Crippen molar-refractivity contribution in [2.75, 3.05) is 51.9 Å². The number of fused-ring (bicyclic) bond motifs is 1. The van der Waals surface area contributed by atoms with E-state index in [1.165, 1.54) is 13.2 Å². The number of aromatic nitrogens is 3. The van der Waals surface area contributed by atoms with Crippen LogP contribution in [0.3, 0.4) is 0 Å². The Morgan fingerprint density at radius 2 is 1.79 bits per heavy atom. The second kappa shape index (κ2) is 24.6. The number of aliphatic hydroxyl groups excluding tert-OH is 5. The van der Waals surface area contributed by atoms with E-state index in [1.54, 1.807) is 60.2 Å². The number of halogens is 1. The lowest BCUT2D eigenvalue weighted by Gasteiger charge is -2.43. The molecule has 4 aromatic rings. The van der Waals surface area contributed by atoms with Crippen LogP contribution in [0.5, 0.6) is 5.75 Å². The number of nitrogens with one attached hydrogen (secondary N) is 4. The molecule has 3 aliphatic rings. The third-order valence-corrected chi connectivity index (χ3v) is 13.0. The smallest absolute Gasteiger partial charge is 0.251 e. The highest BCUT2D eigenvalue weighted by Crippen LogP contribution is 2.34. The van der Waals surface area contributed by atoms with Gasteiger partial charge in [0, 0.05) is 67.7 Å². The second-order valence-electron chi connectivity index (χ2n) is 18.0. The van der Waals surface area contributed by atoms with Gasteiger partial charge in [0.15, 0.2) is 29.3 Å². The highest BCUT2D eigenvalue weighted by Gasteiger charge is 2.43. The number of hydrogen-bond donors (Lipinski definition) is 10. The van der Waals surface area contributed by atoms with E-state index in [-0.39, 0.29) is 88.5 Å². The fraction of sp³-hybridized carbons (Fsp3) is 0.562. The predicted octanol–water partition coefficient (Wildman–Crippen LogP) is 0.966. The highest BCUT2D eigenvalue weighted by atomic mass is 19.1. The topological polar surface area (TPSA) is 303 Å². The molecule has 7 rings (SSSR count). The lowest BCUT2D eigenvalue weighted by atomic mass is 9.84. The van der Waals surface area contributed by atoms with Crippen LogP contribution < -0.4 is 31.7 Å². The maximum absolute atomic E-state index is 14.5. The molecule has 3 amide bonds. The molecule has 22 heteroatoms. The summed E-state index contributed by atoms with van der Waals surface area (Å²) in [5, 5.41) is 63.6. The number of aliphatic hydroxyl groups is 5. The first kappa shape index (κ1) is 52.4. The molecular formula is C48H65FN8O13. The first-order valence-corrected chi connectivity index (χ1v) is 23.7. The quantitative estimate of drug-likeness (QED) is 0.0520. The fourth-order valence-electron chi connectivity index (χ4n) is 9.18. The molecule has 11 N–H and O–H groups in total. The molecule has 0 bridgehead atoms. The summed E-state index contributed by atoms with van der Waals surface area (Å²) in [5.74, 6) is -1.65. The van der Waals surface area contributed by atoms with Crippen molar-refractivity contribution in [3.63, 3.8) is 0 Å². The van der Waals surface area contributed by atoms with Crippen molar-refractivity contribution in [3.8, 4) is 17.0 Å². The summed E-state index contributed by atoms with van der Waals surface area (Å²) >= 11 is 0. The Bertz CT molecular complexity index is 2400. The number of amides is 3. The molecule has 382 valence electrons. The normalized spacial score (nSPS) is 26.3. The van der Waals surface area contributed by atoms with Crippen LogP contribution in [0.2, 0.25) is 0 Å². The molecule has 2 aliphatic carbocycles. The van der Waals surface area contributed by atoms with E-state index in [9.17, 15) is 44.3 Å². The van der Waals surface area contributed by atoms with E-state index in [4.69, 9.17) is 29.4 Å². The average Bonchev–Trinajstić information content (AvgIpc) is 3.79. The van der Waals surface area contributed by atoms with Gasteiger partial charge in [0.05, 0.1) is 68.3 Å². The van der Waals surface area contributed by atoms with Gasteiger partial charge in [-0.2, -0.15) is 0 Å². The van der Waals surface area contributed by atoms with Crippen LogP contribution in [0.4, 0.5) is 15.9 Å². The minimum atomic E-state index is -1.45. The summed E-state index contributed by atoms with van der Waals surface area (Å²) in [4.78, 5) is 47.7. The molecule has 1 saturated heterocycles. The van der Waals surface area contributed by atoms with Gasteiger partial charge in [0.2, 0.25) is 11.8 Å². The van der Waals surface area contributed by atoms with Crippen LogP contribution >= 0.6 is 0 Å². The zero-order chi connectivity index (χ0) is 49.9. The van der Waals surface area contributed by atoms with Crippen molar-refractivity contribution in [1.82, 2.24) is 30.3 Å². The average molecular weight is 981 g/mol. The Morgan fingerprint density at radius 1 is 0.986 bits per heavy atom. The van der Waals surface area contributed by atoms with Crippen molar-refractivity contribution >= 4 is 34.9 Å². The molecule has 11 atom stereocenters. The molecule has 3 heterocycles. The van der Waals surface area contributed by atoms with Gasteiger partial charge >= 0.3 is 0 Å². The molecule has 70 heavy (non-hydrogen) atoms. The minimum absolute atomic E-state index is 0.0149. The number of rotatable bonds is 21. The standard InChI is InChI=1S/C48H65FN8O13/c1-26-17-29(55-44-45-54-23-36(57(45)15-13-51-44)27-3-10-40(66-2)34(49)19-27)4-7-33(26)46(64)52-14-16-67-25-42(62)53-22-32-20-39(61)43(63)48(69-32)70-41-21-31(68-30-6-9-37(59)28(18-30)24-58)5-8-35(41)56-47(65)38(60)11-12-50/h3-4,7,10,13,15,17,19,23,28,30-32,35,37-39,41,43,48,58-61,63H,5-6,8-9,11-12,14,16,18,20-22,24-25,50H2,1-2H3,(H,51,55)(H,52,64)(H,53,62)(H,56,65)/t28-,30?,31-,32-,35+,37+,38?,39-,41?,43-,48-/m0/s1. The Hall–Kier alpha value is -5.40. The number of ether oxygens (including phenoxy) is 5. The molecule has 3 fully saturated rings. The molecule has 2 saturated carbocycles. The van der Waals surface area contributed by atoms with Crippen LogP contribution in [-0.4, -0.2) is 165 Å². The summed E-state index contributed by atoms with van der Waals surface area (Å²) in [7, 11) is 1.40. The van der Waals surface area contributed by atoms with Crippen LogP contribution in [0.15, 0.2) is 55.0 Å². The van der Waals surface area contributed by atoms with Crippen LogP contribution in [0, 0.1) is 18.7 Å². The van der Waals surface area contributed by atoms with Crippen LogP contribution in [0.1, 0.15) is 67.3 Å². The van der Waals surface area contributed by atoms with Gasteiger partial charge < -0.3 is 76.2 Å². The lowest BCUT2D eigenvalue weighted by molar-refractivity contribution is -0.287. The molecular weight excluding hydrogens is 916 g/mol. The SMILES string of the molecule is COc1ccc(-c2cnc3c(Nc4ccc(C(=O)NCCOCC(=O)NC[C@@H]5C[C@H](O)[C@H](O)[C@H](OC6C[C@@H](OC7CC[C@@H](O)[C@H](CO)C7)CC[C@H]6NC(=O)C(O)CCN)O5)c(C)c4)nccn23)cc1F. The molecule has 3 unspecified atom stereocenters. The first-order valence-electron chi connectivity index (χ1n) is 23.7. The van der Waals surface area contributed by atoms with Crippen molar-refractivity contribution in [2.24, 2.45) is 11.7 Å². The van der Waals surface area contributed by atoms with Gasteiger partial charge in [-0.15, -0.1) is 0 Å². The van der Waals surface area contributed by atoms with Gasteiger partial charge in [-0.05, 0) is 94.0 Å². The maximum Gasteiger partial charge on any atom is 0.251 e. The van der Waals surface area contributed by atoms with E-state index in [1.807, 2.05) is 0 Å². The van der Waals surface area contributed by atoms with Crippen molar-refractivity contribution in [2.45, 2.75) is 119 Å². The summed E-state index contributed by atoms with van der Waals surface area (Å²) < 4.78 is 45.6. The molecule has 1 aliphatic heterocycles. The number of benzene rings is 2. The molecule has 2 aromatic carbocycles. The Labute approximate surface area is 404 Å². The number of nitrogens with zero attached hydrogens (tertiary/aromatic N) is 3. The monoisotopic (exact) mass is 980 g/mol. The van der Waals surface area contributed by atoms with Crippen LogP contribution in [0.25, 0.3) is 16.9 Å². The second-order valence-corrected chi connectivity index (χ2v) is 18.0. The number of aryl methyl sites for hydroxylation is 1. The van der Waals surface area contributed by atoms with Crippen LogP contribution in [-0.2, 0) is 28.5 Å². The largest absolute Gasteiger partial charge is 0.494 e. The Morgan fingerprint density at radius 3 is 2.54 bits per heavy atom. The molecule has 0 radical (unpaired) electrons. The maximum atomic E-state index is 14.5. The Kier molecular flexibility index (Phi) is 18.4. The number of carbonyl (C=O) groups is 3. The van der Waals surface area contributed by atoms with Gasteiger partial charge in [-0.25, -0.2) is 14.4 Å².